The van der Waals surface area contributed by atoms with Gasteiger partial charge in [0.1, 0.15) is 5.82 Å². The Labute approximate surface area is 113 Å². The summed E-state index contributed by atoms with van der Waals surface area (Å²) in [6.45, 7) is 3.47. The number of rotatable bonds is 6. The third-order valence-corrected chi connectivity index (χ3v) is 3.92. The highest BCUT2D eigenvalue weighted by atomic mass is 35.5. The van der Waals surface area contributed by atoms with Gasteiger partial charge in [-0.05, 0) is 49.4 Å². The minimum absolute atomic E-state index is 0.162. The van der Waals surface area contributed by atoms with Crippen molar-refractivity contribution in [3.8, 4) is 0 Å². The lowest BCUT2D eigenvalue weighted by molar-refractivity contribution is 0.415. The third-order valence-electron chi connectivity index (χ3n) is 3.68. The maximum atomic E-state index is 13.7. The van der Waals surface area contributed by atoms with Gasteiger partial charge in [0.25, 0.3) is 0 Å². The number of hydrogen-bond acceptors (Lipinski definition) is 2. The van der Waals surface area contributed by atoms with Crippen LogP contribution in [-0.2, 0) is 0 Å². The lowest BCUT2D eigenvalue weighted by Crippen LogP contribution is -2.32. The van der Waals surface area contributed by atoms with Crippen molar-refractivity contribution in [2.24, 2.45) is 17.6 Å². The molecule has 0 amide bonds. The van der Waals surface area contributed by atoms with Crippen molar-refractivity contribution in [2.45, 2.75) is 25.8 Å². The zero-order valence-electron chi connectivity index (χ0n) is 10.6. The van der Waals surface area contributed by atoms with Gasteiger partial charge in [-0.1, -0.05) is 18.5 Å². The van der Waals surface area contributed by atoms with E-state index in [-0.39, 0.29) is 11.9 Å². The van der Waals surface area contributed by atoms with E-state index in [1.165, 1.54) is 18.9 Å². The molecule has 0 aliphatic heterocycles. The van der Waals surface area contributed by atoms with E-state index < -0.39 is 0 Å². The standard InChI is InChI=1S/C14H20ClFN2/c1-9(10-2-3-10)8-18-14(7-17)12-6-11(15)4-5-13(12)16/h4-6,9-10,14,18H,2-3,7-8,17H2,1H3. The molecule has 1 aromatic rings. The van der Waals surface area contributed by atoms with E-state index in [0.717, 1.165) is 12.5 Å². The number of nitrogens with one attached hydrogen (secondary N) is 1. The SMILES string of the molecule is CC(CNC(CN)c1cc(Cl)ccc1F)C1CC1. The van der Waals surface area contributed by atoms with Gasteiger partial charge in [0, 0.05) is 23.2 Å². The number of halogens is 2. The summed E-state index contributed by atoms with van der Waals surface area (Å²) in [4.78, 5) is 0. The van der Waals surface area contributed by atoms with Gasteiger partial charge in [0.05, 0.1) is 0 Å². The molecule has 0 aromatic heterocycles. The van der Waals surface area contributed by atoms with E-state index in [9.17, 15) is 4.39 Å². The average molecular weight is 271 g/mol. The van der Waals surface area contributed by atoms with Crippen LogP contribution in [0.2, 0.25) is 5.02 Å². The summed E-state index contributed by atoms with van der Waals surface area (Å²) in [7, 11) is 0. The Morgan fingerprint density at radius 2 is 2.22 bits per heavy atom. The van der Waals surface area contributed by atoms with E-state index >= 15 is 0 Å². The molecule has 2 atom stereocenters. The Bertz CT molecular complexity index is 407. The Balaban J connectivity index is 2.00. The van der Waals surface area contributed by atoms with Crippen LogP contribution in [-0.4, -0.2) is 13.1 Å². The van der Waals surface area contributed by atoms with Crippen molar-refractivity contribution >= 4 is 11.6 Å². The molecule has 0 spiro atoms. The maximum absolute atomic E-state index is 13.7. The highest BCUT2D eigenvalue weighted by Gasteiger charge is 2.28. The highest BCUT2D eigenvalue weighted by Crippen LogP contribution is 2.36. The maximum Gasteiger partial charge on any atom is 0.128 e. The third kappa shape index (κ3) is 3.44. The fourth-order valence-electron chi connectivity index (χ4n) is 2.26. The van der Waals surface area contributed by atoms with E-state index in [1.807, 2.05) is 0 Å². The predicted octanol–water partition coefficient (Wildman–Crippen LogP) is 3.11. The van der Waals surface area contributed by atoms with E-state index in [2.05, 4.69) is 12.2 Å². The van der Waals surface area contributed by atoms with Crippen molar-refractivity contribution < 1.29 is 4.39 Å². The largest absolute Gasteiger partial charge is 0.329 e. The quantitative estimate of drug-likeness (QED) is 0.834. The van der Waals surface area contributed by atoms with Crippen LogP contribution in [0.4, 0.5) is 4.39 Å². The molecule has 2 rings (SSSR count). The summed E-state index contributed by atoms with van der Waals surface area (Å²) in [5, 5.41) is 3.89. The molecule has 1 aliphatic rings. The lowest BCUT2D eigenvalue weighted by Gasteiger charge is -2.21. The van der Waals surface area contributed by atoms with Crippen LogP contribution in [0.3, 0.4) is 0 Å². The minimum atomic E-state index is -0.249. The van der Waals surface area contributed by atoms with Crippen LogP contribution in [0.25, 0.3) is 0 Å². The highest BCUT2D eigenvalue weighted by molar-refractivity contribution is 6.30. The fraction of sp³-hybridized carbons (Fsp3) is 0.571. The first kappa shape index (κ1) is 13.8. The van der Waals surface area contributed by atoms with Gasteiger partial charge in [-0.25, -0.2) is 4.39 Å². The van der Waals surface area contributed by atoms with E-state index in [1.54, 1.807) is 12.1 Å². The van der Waals surface area contributed by atoms with Crippen LogP contribution in [0, 0.1) is 17.7 Å². The molecule has 1 aromatic carbocycles. The second-order valence-corrected chi connectivity index (χ2v) is 5.61. The molecule has 0 radical (unpaired) electrons. The first-order chi connectivity index (χ1) is 8.61. The van der Waals surface area contributed by atoms with Gasteiger partial charge in [0.15, 0.2) is 0 Å². The Morgan fingerprint density at radius 3 is 2.83 bits per heavy atom. The zero-order valence-corrected chi connectivity index (χ0v) is 11.4. The number of nitrogens with two attached hydrogens (primary N) is 1. The average Bonchev–Trinajstić information content (AvgIpc) is 3.18. The summed E-state index contributed by atoms with van der Waals surface area (Å²) >= 11 is 5.91. The van der Waals surface area contributed by atoms with Crippen LogP contribution >= 0.6 is 11.6 Å². The van der Waals surface area contributed by atoms with Gasteiger partial charge in [-0.2, -0.15) is 0 Å². The molecular weight excluding hydrogens is 251 g/mol. The second kappa shape index (κ2) is 6.00. The van der Waals surface area contributed by atoms with Crippen molar-refractivity contribution in [2.75, 3.05) is 13.1 Å². The van der Waals surface area contributed by atoms with Gasteiger partial charge in [0.2, 0.25) is 0 Å². The molecule has 0 saturated heterocycles. The van der Waals surface area contributed by atoms with Crippen LogP contribution in [0.5, 0.6) is 0 Å². The summed E-state index contributed by atoms with van der Waals surface area (Å²) in [5.41, 5.74) is 6.29. The molecule has 2 unspecified atom stereocenters. The molecule has 1 saturated carbocycles. The first-order valence-corrected chi connectivity index (χ1v) is 6.88. The molecule has 1 aliphatic carbocycles. The Hall–Kier alpha value is -0.640. The summed E-state index contributed by atoms with van der Waals surface area (Å²) in [6, 6.07) is 4.45. The molecule has 100 valence electrons. The minimum Gasteiger partial charge on any atom is -0.329 e. The molecule has 0 heterocycles. The number of hydrogen-bond donors (Lipinski definition) is 2. The normalized spacial score (nSPS) is 18.7. The summed E-state index contributed by atoms with van der Waals surface area (Å²) in [6.07, 6.45) is 2.64. The summed E-state index contributed by atoms with van der Waals surface area (Å²) in [5.74, 6) is 1.21. The van der Waals surface area contributed by atoms with Gasteiger partial charge < -0.3 is 11.1 Å². The summed E-state index contributed by atoms with van der Waals surface area (Å²) < 4.78 is 13.7. The van der Waals surface area contributed by atoms with Crippen molar-refractivity contribution in [1.82, 2.24) is 5.32 Å². The zero-order chi connectivity index (χ0) is 13.1. The van der Waals surface area contributed by atoms with Gasteiger partial charge in [-0.3, -0.25) is 0 Å². The number of benzene rings is 1. The Kier molecular flexibility index (Phi) is 4.60. The molecule has 0 bridgehead atoms. The predicted molar refractivity (Wildman–Crippen MR) is 73.1 cm³/mol. The Morgan fingerprint density at radius 1 is 1.50 bits per heavy atom. The van der Waals surface area contributed by atoms with E-state index in [0.29, 0.717) is 23.0 Å². The van der Waals surface area contributed by atoms with Crippen LogP contribution < -0.4 is 11.1 Å². The van der Waals surface area contributed by atoms with E-state index in [4.69, 9.17) is 17.3 Å². The van der Waals surface area contributed by atoms with Crippen LogP contribution in [0.15, 0.2) is 18.2 Å². The lowest BCUT2D eigenvalue weighted by atomic mass is 10.0. The van der Waals surface area contributed by atoms with Crippen molar-refractivity contribution in [3.05, 3.63) is 34.6 Å². The topological polar surface area (TPSA) is 38.0 Å². The van der Waals surface area contributed by atoms with Crippen molar-refractivity contribution in [1.29, 1.82) is 0 Å². The first-order valence-electron chi connectivity index (χ1n) is 6.50. The molecule has 3 N–H and O–H groups in total. The molecule has 1 fully saturated rings. The van der Waals surface area contributed by atoms with Crippen LogP contribution in [0.1, 0.15) is 31.4 Å². The smallest absolute Gasteiger partial charge is 0.128 e. The van der Waals surface area contributed by atoms with Gasteiger partial charge >= 0.3 is 0 Å². The van der Waals surface area contributed by atoms with Gasteiger partial charge in [-0.15, -0.1) is 0 Å². The molecule has 18 heavy (non-hydrogen) atoms. The molecule has 2 nitrogen and oxygen atoms in total. The monoisotopic (exact) mass is 270 g/mol. The molecular formula is C14H20ClFN2. The fourth-order valence-corrected chi connectivity index (χ4v) is 2.44. The second-order valence-electron chi connectivity index (χ2n) is 5.18. The molecule has 4 heteroatoms. The van der Waals surface area contributed by atoms with Crippen molar-refractivity contribution in [3.63, 3.8) is 0 Å².